The van der Waals surface area contributed by atoms with Gasteiger partial charge in [0, 0.05) is 29.6 Å². The van der Waals surface area contributed by atoms with Gasteiger partial charge in [-0.1, -0.05) is 18.2 Å². The van der Waals surface area contributed by atoms with Gasteiger partial charge in [0.05, 0.1) is 11.7 Å². The Hall–Kier alpha value is -3.00. The Kier molecular flexibility index (Phi) is 5.67. The number of nitrogens with one attached hydrogen (secondary N) is 1. The number of likely N-dealkylation sites (tertiary alicyclic amines) is 1. The number of anilines is 1. The average Bonchev–Trinajstić information content (AvgIpc) is 3.05. The van der Waals surface area contributed by atoms with Crippen molar-refractivity contribution in [2.24, 2.45) is 5.92 Å². The molecule has 1 aliphatic rings. The van der Waals surface area contributed by atoms with Crippen molar-refractivity contribution in [3.63, 3.8) is 0 Å². The molecule has 2 amide bonds. The maximum Gasteiger partial charge on any atom is 0.262 e. The predicted molar refractivity (Wildman–Crippen MR) is 118 cm³/mol. The standard InChI is InChI=1S/C22H24N4O3S/c1-14-15(2)30-21-19(14)22(29)26(13-23-21)12-18(27)25-10-8-16(9-11-25)20(28)24-17-6-4-3-5-7-17/h3-7,13,16H,8-12H2,1-2H3,(H,24,28). The summed E-state index contributed by atoms with van der Waals surface area (Å²) in [5.41, 5.74) is 1.54. The van der Waals surface area contributed by atoms with E-state index in [0.29, 0.717) is 36.1 Å². The van der Waals surface area contributed by atoms with Crippen LogP contribution in [0.4, 0.5) is 5.69 Å². The quantitative estimate of drug-likeness (QED) is 0.698. The van der Waals surface area contributed by atoms with Gasteiger partial charge in [0.25, 0.3) is 5.56 Å². The number of rotatable bonds is 4. The van der Waals surface area contributed by atoms with Crippen molar-refractivity contribution in [2.45, 2.75) is 33.2 Å². The van der Waals surface area contributed by atoms with Crippen molar-refractivity contribution >= 4 is 39.1 Å². The van der Waals surface area contributed by atoms with Gasteiger partial charge in [-0.2, -0.15) is 0 Å². The second-order valence-electron chi connectivity index (χ2n) is 7.65. The zero-order chi connectivity index (χ0) is 21.3. The number of benzene rings is 1. The number of carbonyl (C=O) groups is 2. The van der Waals surface area contributed by atoms with Gasteiger partial charge < -0.3 is 10.2 Å². The van der Waals surface area contributed by atoms with Crippen LogP contribution in [0.1, 0.15) is 23.3 Å². The molecule has 2 aromatic heterocycles. The maximum atomic E-state index is 12.8. The van der Waals surface area contributed by atoms with Crippen LogP contribution < -0.4 is 10.9 Å². The van der Waals surface area contributed by atoms with Crippen molar-refractivity contribution < 1.29 is 9.59 Å². The summed E-state index contributed by atoms with van der Waals surface area (Å²) in [6.07, 6.45) is 2.68. The van der Waals surface area contributed by atoms with Gasteiger partial charge in [0.2, 0.25) is 11.8 Å². The first-order chi connectivity index (χ1) is 14.4. The number of nitrogens with zero attached hydrogens (tertiary/aromatic N) is 3. The second-order valence-corrected chi connectivity index (χ2v) is 8.85. The highest BCUT2D eigenvalue weighted by Gasteiger charge is 2.27. The highest BCUT2D eigenvalue weighted by Crippen LogP contribution is 2.25. The number of amides is 2. The Balaban J connectivity index is 1.37. The Morgan fingerprint density at radius 3 is 2.57 bits per heavy atom. The third-order valence-corrected chi connectivity index (χ3v) is 6.84. The Morgan fingerprint density at radius 2 is 1.87 bits per heavy atom. The molecule has 0 aliphatic carbocycles. The van der Waals surface area contributed by atoms with Crippen molar-refractivity contribution in [2.75, 3.05) is 18.4 Å². The molecule has 0 unspecified atom stereocenters. The van der Waals surface area contributed by atoms with Gasteiger partial charge in [-0.15, -0.1) is 11.3 Å². The fourth-order valence-corrected chi connectivity index (χ4v) is 4.77. The number of carbonyl (C=O) groups excluding carboxylic acids is 2. The summed E-state index contributed by atoms with van der Waals surface area (Å²) in [4.78, 5) is 45.9. The first kappa shape index (κ1) is 20.3. The van der Waals surface area contributed by atoms with Crippen LogP contribution in [-0.4, -0.2) is 39.4 Å². The van der Waals surface area contributed by atoms with Crippen LogP contribution in [0.3, 0.4) is 0 Å². The molecule has 1 aliphatic heterocycles. The molecule has 1 fully saturated rings. The third-order valence-electron chi connectivity index (χ3n) is 5.72. The fraction of sp³-hybridized carbons (Fsp3) is 0.364. The summed E-state index contributed by atoms with van der Waals surface area (Å²) in [5.74, 6) is -0.251. The molecule has 0 radical (unpaired) electrons. The number of aryl methyl sites for hydroxylation is 2. The first-order valence-electron chi connectivity index (χ1n) is 10.0. The molecule has 0 atom stereocenters. The number of para-hydroxylation sites is 1. The van der Waals surface area contributed by atoms with E-state index in [1.807, 2.05) is 44.2 Å². The second kappa shape index (κ2) is 8.39. The minimum absolute atomic E-state index is 0.0116. The molecule has 156 valence electrons. The van der Waals surface area contributed by atoms with Gasteiger partial charge in [-0.25, -0.2) is 4.98 Å². The molecule has 4 rings (SSSR count). The number of piperidine rings is 1. The first-order valence-corrected chi connectivity index (χ1v) is 10.8. The lowest BCUT2D eigenvalue weighted by Crippen LogP contribution is -2.43. The number of hydrogen-bond donors (Lipinski definition) is 1. The van der Waals surface area contributed by atoms with Crippen molar-refractivity contribution in [1.29, 1.82) is 0 Å². The fourth-order valence-electron chi connectivity index (χ4n) is 3.79. The SMILES string of the molecule is Cc1sc2ncn(CC(=O)N3CCC(C(=O)Nc4ccccc4)CC3)c(=O)c2c1C. The van der Waals surface area contributed by atoms with E-state index >= 15 is 0 Å². The van der Waals surface area contributed by atoms with E-state index in [0.717, 1.165) is 16.1 Å². The van der Waals surface area contributed by atoms with Crippen LogP contribution in [-0.2, 0) is 16.1 Å². The van der Waals surface area contributed by atoms with Crippen LogP contribution in [0.25, 0.3) is 10.2 Å². The lowest BCUT2D eigenvalue weighted by Gasteiger charge is -2.31. The molecular formula is C22H24N4O3S. The maximum absolute atomic E-state index is 12.8. The Bertz CT molecular complexity index is 1140. The van der Waals surface area contributed by atoms with Crippen molar-refractivity contribution in [3.05, 3.63) is 57.5 Å². The van der Waals surface area contributed by atoms with E-state index in [9.17, 15) is 14.4 Å². The lowest BCUT2D eigenvalue weighted by molar-refractivity contribution is -0.135. The topological polar surface area (TPSA) is 84.3 Å². The van der Waals surface area contributed by atoms with Crippen molar-refractivity contribution in [3.8, 4) is 0 Å². The number of fused-ring (bicyclic) bond motifs is 1. The molecule has 0 saturated carbocycles. The minimum Gasteiger partial charge on any atom is -0.341 e. The highest BCUT2D eigenvalue weighted by atomic mass is 32.1. The number of aromatic nitrogens is 2. The van der Waals surface area contributed by atoms with Crippen LogP contribution >= 0.6 is 11.3 Å². The van der Waals surface area contributed by atoms with Gasteiger partial charge in [0.15, 0.2) is 0 Å². The summed E-state index contributed by atoms with van der Waals surface area (Å²) in [7, 11) is 0. The predicted octanol–water partition coefficient (Wildman–Crippen LogP) is 2.95. The molecule has 8 heteroatoms. The zero-order valence-electron chi connectivity index (χ0n) is 17.1. The van der Waals surface area contributed by atoms with Gasteiger partial charge in [-0.3, -0.25) is 19.0 Å². The molecule has 1 N–H and O–H groups in total. The van der Waals surface area contributed by atoms with Crippen molar-refractivity contribution in [1.82, 2.24) is 14.5 Å². The smallest absolute Gasteiger partial charge is 0.262 e. The molecule has 1 aromatic carbocycles. The number of thiophene rings is 1. The van der Waals surface area contributed by atoms with E-state index in [2.05, 4.69) is 10.3 Å². The molecule has 3 aromatic rings. The van der Waals surface area contributed by atoms with Crippen LogP contribution in [0.5, 0.6) is 0 Å². The monoisotopic (exact) mass is 424 g/mol. The normalized spacial score (nSPS) is 14.8. The lowest BCUT2D eigenvalue weighted by atomic mass is 9.95. The van der Waals surface area contributed by atoms with Crippen LogP contribution in [0.15, 0.2) is 41.5 Å². The van der Waals surface area contributed by atoms with E-state index in [4.69, 9.17) is 0 Å². The average molecular weight is 425 g/mol. The summed E-state index contributed by atoms with van der Waals surface area (Å²) >= 11 is 1.49. The van der Waals surface area contributed by atoms with E-state index < -0.39 is 0 Å². The van der Waals surface area contributed by atoms with E-state index in [1.54, 1.807) is 4.90 Å². The molecular weight excluding hydrogens is 400 g/mol. The Morgan fingerprint density at radius 1 is 1.17 bits per heavy atom. The molecule has 0 bridgehead atoms. The van der Waals surface area contributed by atoms with Gasteiger partial charge in [-0.05, 0) is 44.4 Å². The summed E-state index contributed by atoms with van der Waals surface area (Å²) in [6.45, 7) is 4.86. The van der Waals surface area contributed by atoms with Gasteiger partial charge in [0.1, 0.15) is 11.4 Å². The minimum atomic E-state index is -0.174. The summed E-state index contributed by atoms with van der Waals surface area (Å²) in [6, 6.07) is 9.37. The molecule has 3 heterocycles. The zero-order valence-corrected chi connectivity index (χ0v) is 17.9. The molecule has 30 heavy (non-hydrogen) atoms. The Labute approximate surface area is 178 Å². The number of hydrogen-bond acceptors (Lipinski definition) is 5. The van der Waals surface area contributed by atoms with E-state index in [1.165, 1.54) is 22.2 Å². The van der Waals surface area contributed by atoms with Gasteiger partial charge >= 0.3 is 0 Å². The van der Waals surface area contributed by atoms with E-state index in [-0.39, 0.29) is 29.8 Å². The largest absolute Gasteiger partial charge is 0.341 e. The van der Waals surface area contributed by atoms with Crippen LogP contribution in [0, 0.1) is 19.8 Å². The highest BCUT2D eigenvalue weighted by molar-refractivity contribution is 7.18. The third kappa shape index (κ3) is 4.00. The molecule has 7 nitrogen and oxygen atoms in total. The molecule has 1 saturated heterocycles. The summed E-state index contributed by atoms with van der Waals surface area (Å²) in [5, 5.41) is 3.53. The van der Waals surface area contributed by atoms with Crippen LogP contribution in [0.2, 0.25) is 0 Å². The summed E-state index contributed by atoms with van der Waals surface area (Å²) < 4.78 is 1.39. The molecule has 0 spiro atoms.